The Labute approximate surface area is 215 Å². The Balaban J connectivity index is 1.89. The number of anilines is 1. The monoisotopic (exact) mass is 550 g/mol. The number of nitrogens with zero attached hydrogens (tertiary/aromatic N) is 1. The molecule has 2 N–H and O–H groups in total. The fourth-order valence-corrected chi connectivity index (χ4v) is 3.47. The molecule has 35 heavy (non-hydrogen) atoms. The van der Waals surface area contributed by atoms with Gasteiger partial charge in [-0.3, -0.25) is 0 Å². The molecule has 192 valence electrons. The molecule has 2 amide bonds. The maximum absolute atomic E-state index is 12.8. The Kier molecular flexibility index (Phi) is 13.2. The van der Waals surface area contributed by atoms with Crippen molar-refractivity contribution in [3.63, 3.8) is 0 Å². The highest BCUT2D eigenvalue weighted by molar-refractivity contribution is 9.10. The fourth-order valence-electron chi connectivity index (χ4n) is 3.20. The largest absolute Gasteiger partial charge is 0.492 e. The zero-order valence-electron chi connectivity index (χ0n) is 20.4. The van der Waals surface area contributed by atoms with Crippen molar-refractivity contribution in [2.45, 2.75) is 39.2 Å². The summed E-state index contributed by atoms with van der Waals surface area (Å²) in [6.45, 7) is 6.48. The second-order valence-electron chi connectivity index (χ2n) is 7.87. The van der Waals surface area contributed by atoms with E-state index in [9.17, 15) is 14.7 Å². The van der Waals surface area contributed by atoms with Crippen LogP contribution >= 0.6 is 15.9 Å². The van der Waals surface area contributed by atoms with Crippen LogP contribution in [0.1, 0.15) is 32.3 Å². The second kappa shape index (κ2) is 16.1. The van der Waals surface area contributed by atoms with Crippen LogP contribution in [0.15, 0.2) is 53.0 Å². The summed E-state index contributed by atoms with van der Waals surface area (Å²) in [5, 5.41) is 12.2. The predicted octanol–water partition coefficient (Wildman–Crippen LogP) is 5.21. The molecule has 2 rings (SSSR count). The van der Waals surface area contributed by atoms with Gasteiger partial charge in [0.05, 0.1) is 13.2 Å². The molecule has 0 aliphatic carbocycles. The molecular formula is C26H35BrN2O6. The van der Waals surface area contributed by atoms with Gasteiger partial charge in [-0.25, -0.2) is 9.59 Å². The molecule has 1 unspecified atom stereocenters. The van der Waals surface area contributed by atoms with Gasteiger partial charge in [-0.2, -0.15) is 0 Å². The minimum absolute atomic E-state index is 0.221. The standard InChI is InChI=1S/C26H35BrN2O6/c1-3-5-16-33-17-14-29(26(32)28-22-10-8-21(27)9-11-22)15-18-35-23-12-6-20(7-13-23)19-24(25(30)31)34-4-2/h6-13,24H,3-5,14-19H2,1-2H3,(H,28,32)(H,30,31). The van der Waals surface area contributed by atoms with Crippen LogP contribution in [0.5, 0.6) is 5.75 Å². The lowest BCUT2D eigenvalue weighted by atomic mass is 10.1. The Hall–Kier alpha value is -2.62. The third-order valence-corrected chi connectivity index (χ3v) is 5.68. The van der Waals surface area contributed by atoms with Gasteiger partial charge in [-0.1, -0.05) is 41.4 Å². The number of carboxylic acid groups (broad SMARTS) is 1. The van der Waals surface area contributed by atoms with Crippen molar-refractivity contribution in [2.24, 2.45) is 0 Å². The zero-order valence-corrected chi connectivity index (χ0v) is 22.0. The van der Waals surface area contributed by atoms with Crippen LogP contribution in [0.3, 0.4) is 0 Å². The van der Waals surface area contributed by atoms with E-state index < -0.39 is 12.1 Å². The number of urea groups is 1. The van der Waals surface area contributed by atoms with Crippen molar-refractivity contribution in [3.05, 3.63) is 58.6 Å². The molecule has 0 bridgehead atoms. The molecule has 1 atom stereocenters. The average molecular weight is 551 g/mol. The first-order valence-corrected chi connectivity index (χ1v) is 12.7. The number of benzene rings is 2. The van der Waals surface area contributed by atoms with Gasteiger partial charge in [0.2, 0.25) is 0 Å². The van der Waals surface area contributed by atoms with Crippen LogP contribution in [0.4, 0.5) is 10.5 Å². The van der Waals surface area contributed by atoms with E-state index in [1.54, 1.807) is 24.0 Å². The van der Waals surface area contributed by atoms with Crippen molar-refractivity contribution < 1.29 is 28.9 Å². The molecule has 0 fully saturated rings. The van der Waals surface area contributed by atoms with Gasteiger partial charge in [0, 0.05) is 36.3 Å². The number of carbonyl (C=O) groups excluding carboxylic acids is 1. The SMILES string of the molecule is CCCCOCCN(CCOc1ccc(CC(OCC)C(=O)O)cc1)C(=O)Nc1ccc(Br)cc1. The van der Waals surface area contributed by atoms with Gasteiger partial charge in [-0.05, 0) is 55.3 Å². The average Bonchev–Trinajstić information content (AvgIpc) is 2.84. The van der Waals surface area contributed by atoms with Crippen molar-refractivity contribution >= 4 is 33.6 Å². The number of amides is 2. The second-order valence-corrected chi connectivity index (χ2v) is 8.78. The number of rotatable bonds is 16. The summed E-state index contributed by atoms with van der Waals surface area (Å²) in [6.07, 6.45) is 1.46. The van der Waals surface area contributed by atoms with E-state index in [0.717, 1.165) is 22.9 Å². The lowest BCUT2D eigenvalue weighted by Gasteiger charge is -2.23. The number of ether oxygens (including phenoxy) is 3. The third kappa shape index (κ3) is 11.1. The van der Waals surface area contributed by atoms with Crippen LogP contribution in [-0.4, -0.2) is 67.6 Å². The van der Waals surface area contributed by atoms with Gasteiger partial charge < -0.3 is 29.5 Å². The maximum atomic E-state index is 12.8. The summed E-state index contributed by atoms with van der Waals surface area (Å²) in [5.74, 6) is -0.336. The Bertz CT molecular complexity index is 892. The van der Waals surface area contributed by atoms with Crippen LogP contribution in [0.2, 0.25) is 0 Å². The number of nitrogens with one attached hydrogen (secondary N) is 1. The van der Waals surface area contributed by atoms with Crippen molar-refractivity contribution in [2.75, 3.05) is 44.8 Å². The van der Waals surface area contributed by atoms with E-state index in [-0.39, 0.29) is 12.5 Å². The molecule has 0 aromatic heterocycles. The fraction of sp³-hybridized carbons (Fsp3) is 0.462. The first kappa shape index (κ1) is 28.6. The van der Waals surface area contributed by atoms with E-state index >= 15 is 0 Å². The summed E-state index contributed by atoms with van der Waals surface area (Å²) in [6, 6.07) is 14.4. The lowest BCUT2D eigenvalue weighted by Crippen LogP contribution is -2.40. The molecular weight excluding hydrogens is 516 g/mol. The van der Waals surface area contributed by atoms with E-state index in [4.69, 9.17) is 14.2 Å². The first-order valence-electron chi connectivity index (χ1n) is 11.9. The number of halogens is 1. The number of aliphatic carboxylic acids is 1. The Morgan fingerprint density at radius 1 is 1.00 bits per heavy atom. The van der Waals surface area contributed by atoms with Gasteiger partial charge in [0.15, 0.2) is 6.10 Å². The van der Waals surface area contributed by atoms with Gasteiger partial charge in [0.1, 0.15) is 12.4 Å². The number of carboxylic acids is 1. The van der Waals surface area contributed by atoms with Crippen LogP contribution in [0.25, 0.3) is 0 Å². The molecule has 0 heterocycles. The summed E-state index contributed by atoms with van der Waals surface area (Å²) >= 11 is 3.39. The summed E-state index contributed by atoms with van der Waals surface area (Å²) in [5.41, 5.74) is 1.55. The quantitative estimate of drug-likeness (QED) is 0.278. The van der Waals surface area contributed by atoms with E-state index in [0.29, 0.717) is 51.0 Å². The molecule has 0 spiro atoms. The number of carbonyl (C=O) groups is 2. The number of hydrogen-bond acceptors (Lipinski definition) is 5. The molecule has 9 heteroatoms. The predicted molar refractivity (Wildman–Crippen MR) is 139 cm³/mol. The normalized spacial score (nSPS) is 11.6. The summed E-state index contributed by atoms with van der Waals surface area (Å²) in [4.78, 5) is 25.8. The molecule has 0 saturated heterocycles. The topological polar surface area (TPSA) is 97.3 Å². The van der Waals surface area contributed by atoms with Crippen LogP contribution in [-0.2, 0) is 20.7 Å². The smallest absolute Gasteiger partial charge is 0.333 e. The van der Waals surface area contributed by atoms with E-state index in [1.807, 2.05) is 36.4 Å². The van der Waals surface area contributed by atoms with Crippen LogP contribution < -0.4 is 10.1 Å². The summed E-state index contributed by atoms with van der Waals surface area (Å²) < 4.78 is 17.7. The van der Waals surface area contributed by atoms with E-state index in [2.05, 4.69) is 28.2 Å². The highest BCUT2D eigenvalue weighted by Gasteiger charge is 2.18. The van der Waals surface area contributed by atoms with Gasteiger partial charge in [0.25, 0.3) is 0 Å². The molecule has 2 aromatic rings. The highest BCUT2D eigenvalue weighted by Crippen LogP contribution is 2.16. The maximum Gasteiger partial charge on any atom is 0.333 e. The third-order valence-electron chi connectivity index (χ3n) is 5.15. The minimum atomic E-state index is -0.979. The molecule has 0 radical (unpaired) electrons. The Morgan fingerprint density at radius 3 is 2.31 bits per heavy atom. The zero-order chi connectivity index (χ0) is 25.5. The molecule has 2 aromatic carbocycles. The summed E-state index contributed by atoms with van der Waals surface area (Å²) in [7, 11) is 0. The minimum Gasteiger partial charge on any atom is -0.492 e. The van der Waals surface area contributed by atoms with Crippen molar-refractivity contribution in [1.82, 2.24) is 4.90 Å². The van der Waals surface area contributed by atoms with Crippen molar-refractivity contribution in [3.8, 4) is 5.75 Å². The molecule has 0 aliphatic rings. The number of unbranched alkanes of at least 4 members (excludes halogenated alkanes) is 1. The molecule has 0 saturated carbocycles. The van der Waals surface area contributed by atoms with E-state index in [1.165, 1.54) is 0 Å². The molecule has 0 aliphatic heterocycles. The first-order chi connectivity index (χ1) is 16.9. The van der Waals surface area contributed by atoms with Gasteiger partial charge >= 0.3 is 12.0 Å². The molecule has 8 nitrogen and oxygen atoms in total. The highest BCUT2D eigenvalue weighted by atomic mass is 79.9. The lowest BCUT2D eigenvalue weighted by molar-refractivity contribution is -0.149. The van der Waals surface area contributed by atoms with Gasteiger partial charge in [-0.15, -0.1) is 0 Å². The van der Waals surface area contributed by atoms with Crippen LogP contribution in [0, 0.1) is 0 Å². The Morgan fingerprint density at radius 2 is 1.69 bits per heavy atom. The van der Waals surface area contributed by atoms with Crippen molar-refractivity contribution in [1.29, 1.82) is 0 Å². The number of hydrogen-bond donors (Lipinski definition) is 2.